The van der Waals surface area contributed by atoms with Gasteiger partial charge in [-0.3, -0.25) is 19.2 Å². The molecule has 0 aliphatic rings. The van der Waals surface area contributed by atoms with Crippen molar-refractivity contribution in [2.75, 3.05) is 0 Å². The molecular weight excluding hydrogens is 780 g/mol. The van der Waals surface area contributed by atoms with Gasteiger partial charge in [0.15, 0.2) is 28.9 Å². The van der Waals surface area contributed by atoms with Crippen LogP contribution in [0.4, 0.5) is 13.2 Å². The number of thiazole rings is 2. The van der Waals surface area contributed by atoms with Crippen LogP contribution in [0.3, 0.4) is 0 Å². The molecule has 18 heteroatoms. The lowest BCUT2D eigenvalue weighted by Crippen LogP contribution is -2.29. The van der Waals surface area contributed by atoms with Crippen LogP contribution >= 0.6 is 22.7 Å². The van der Waals surface area contributed by atoms with E-state index in [4.69, 9.17) is 10.0 Å². The van der Waals surface area contributed by atoms with Crippen molar-refractivity contribution in [1.82, 2.24) is 9.97 Å². The van der Waals surface area contributed by atoms with Gasteiger partial charge in [-0.2, -0.15) is 21.6 Å². The molecule has 0 spiro atoms. The quantitative estimate of drug-likeness (QED) is 0.0660. The highest BCUT2D eigenvalue weighted by Gasteiger charge is 2.49. The predicted octanol–water partition coefficient (Wildman–Crippen LogP) is 7.94. The zero-order chi connectivity index (χ0) is 39.2. The first-order valence-corrected chi connectivity index (χ1v) is 18.3. The molecule has 0 atom stereocenters. The molecule has 4 aromatic carbocycles. The van der Waals surface area contributed by atoms with E-state index in [1.54, 1.807) is 31.5 Å². The number of aromatic nitrogens is 2. The molecule has 0 aliphatic heterocycles. The normalized spacial score (nSPS) is 10.8. The van der Waals surface area contributed by atoms with Crippen molar-refractivity contribution in [2.45, 2.75) is 48.1 Å². The lowest BCUT2D eigenvalue weighted by Gasteiger charge is -2.10. The summed E-state index contributed by atoms with van der Waals surface area (Å²) in [5, 5.41) is 17.4. The fourth-order valence-electron chi connectivity index (χ4n) is 4.67. The number of Topliss-reactive ketones (excluding diaryl/α,β-unsaturated/α-hetero) is 4. The van der Waals surface area contributed by atoms with Gasteiger partial charge in [0, 0.05) is 27.8 Å². The third kappa shape index (κ3) is 11.0. The van der Waals surface area contributed by atoms with Crippen LogP contribution in [0.5, 0.6) is 5.75 Å². The van der Waals surface area contributed by atoms with Crippen molar-refractivity contribution >= 4 is 88.9 Å². The van der Waals surface area contributed by atoms with E-state index in [1.807, 2.05) is 36.4 Å². The van der Waals surface area contributed by atoms with Gasteiger partial charge in [-0.15, -0.1) is 22.7 Å². The molecule has 6 aromatic rings. The van der Waals surface area contributed by atoms with Gasteiger partial charge in [-0.1, -0.05) is 69.5 Å². The van der Waals surface area contributed by atoms with Gasteiger partial charge in [0.25, 0.3) is 0 Å². The fourth-order valence-corrected chi connectivity index (χ4v) is 6.88. The minimum atomic E-state index is -5.77. The maximum atomic E-state index is 12.3. The second-order valence-electron chi connectivity index (χ2n) is 11.1. The number of alkyl halides is 3. The maximum Gasteiger partial charge on any atom is 0.534 e. The van der Waals surface area contributed by atoms with E-state index in [-0.39, 0.29) is 53.8 Å². The average molecular weight is 817 g/mol. The first kappa shape index (κ1) is 46.0. The van der Waals surface area contributed by atoms with Crippen molar-refractivity contribution in [3.8, 4) is 16.9 Å². The van der Waals surface area contributed by atoms with Gasteiger partial charge >= 0.3 is 22.7 Å². The Morgan fingerprint density at radius 2 is 1.09 bits per heavy atom. The first-order valence-electron chi connectivity index (χ1n) is 15.2. The molecule has 55 heavy (non-hydrogen) atoms. The van der Waals surface area contributed by atoms with Gasteiger partial charge in [0.2, 0.25) is 0 Å². The monoisotopic (exact) mass is 816 g/mol. The second-order valence-corrected chi connectivity index (χ2v) is 14.4. The van der Waals surface area contributed by atoms with E-state index in [9.17, 15) is 40.8 Å². The number of fused-ring (bicyclic) bond motifs is 2. The smallest absolute Gasteiger partial charge is 0.423 e. The predicted molar refractivity (Wildman–Crippen MR) is 210 cm³/mol. The lowest BCUT2D eigenvalue weighted by molar-refractivity contribution is -0.0499. The number of hydrogen-bond donors (Lipinski definition) is 2. The third-order valence-electron chi connectivity index (χ3n) is 7.39. The number of benzene rings is 4. The summed E-state index contributed by atoms with van der Waals surface area (Å²) in [6.45, 7) is 5.86. The van der Waals surface area contributed by atoms with Crippen molar-refractivity contribution < 1.29 is 55.0 Å². The van der Waals surface area contributed by atoms with Gasteiger partial charge in [0.1, 0.15) is 5.52 Å². The Morgan fingerprint density at radius 3 is 1.53 bits per heavy atom. The van der Waals surface area contributed by atoms with Crippen LogP contribution in [0.25, 0.3) is 31.6 Å². The molecule has 0 aliphatic carbocycles. The minimum Gasteiger partial charge on any atom is -0.423 e. The van der Waals surface area contributed by atoms with E-state index in [1.165, 1.54) is 48.9 Å². The summed E-state index contributed by atoms with van der Waals surface area (Å²) >= 11 is 2.48. The number of nitrogens with zero attached hydrogens (tertiary/aromatic N) is 2. The molecule has 0 saturated carbocycles. The summed E-state index contributed by atoms with van der Waals surface area (Å²) in [5.41, 5.74) is 2.79. The molecule has 2 heterocycles. The Labute approximate surface area is 323 Å². The zero-order valence-corrected chi connectivity index (χ0v) is 30.6. The highest BCUT2D eigenvalue weighted by Crippen LogP contribution is 2.35. The summed E-state index contributed by atoms with van der Waals surface area (Å²) in [4.78, 5) is 53.3. The number of carbonyl (C=O) groups excluding carboxylic acids is 4. The van der Waals surface area contributed by atoms with E-state index >= 15 is 0 Å². The highest BCUT2D eigenvalue weighted by molar-refractivity contribution is 7.88. The van der Waals surface area contributed by atoms with Crippen LogP contribution in [-0.4, -0.2) is 64.2 Å². The zero-order valence-electron chi connectivity index (χ0n) is 28.2. The van der Waals surface area contributed by atoms with Crippen molar-refractivity contribution in [2.24, 2.45) is 0 Å². The summed E-state index contributed by atoms with van der Waals surface area (Å²) in [6.07, 6.45) is 0. The standard InChI is InChI=1S/C17H13NO2S.C10H6F3NO4S2.C8H9BO3.2CH4/c1-10(19)12-3-5-13(6-4-12)15-8-7-14(11(2)20)17-16(15)18-9-21-17;1-5(15)6-2-3-7(8-9(6)19-4-14-8)18-20(16,17)10(11,12)13;1-6(10)7-2-4-8(5-3-7)9(11)12;;/h3-9H,1-2H3;2-4H,1H3;2-5,11-12H,1H3;2*1H4. The Morgan fingerprint density at radius 1 is 0.655 bits per heavy atom. The Hall–Kier alpha value is -5.14. The lowest BCUT2D eigenvalue weighted by atomic mass is 9.80. The van der Waals surface area contributed by atoms with E-state index < -0.39 is 28.5 Å². The number of halogens is 3. The molecule has 2 aromatic heterocycles. The molecule has 0 bridgehead atoms. The fraction of sp³-hybridized carbons (Fsp3) is 0.189. The van der Waals surface area contributed by atoms with Gasteiger partial charge < -0.3 is 14.2 Å². The Bertz CT molecular complexity index is 2430. The molecule has 0 unspecified atom stereocenters. The molecule has 0 radical (unpaired) electrons. The Balaban J connectivity index is 0.000000290. The maximum absolute atomic E-state index is 12.3. The summed E-state index contributed by atoms with van der Waals surface area (Å²) in [5.74, 6) is -0.822. The van der Waals surface area contributed by atoms with Crippen LogP contribution in [0.15, 0.2) is 83.8 Å². The average Bonchev–Trinajstić information content (AvgIpc) is 3.79. The molecule has 2 N–H and O–H groups in total. The number of rotatable bonds is 8. The SMILES string of the molecule is C.C.CC(=O)c1ccc(-c2ccc(C(C)=O)c3scnc23)cc1.CC(=O)c1ccc(B(O)O)cc1.CC(=O)c1ccc(OS(=O)(=O)C(F)(F)F)c2ncsc12. The van der Waals surface area contributed by atoms with Crippen LogP contribution in [-0.2, 0) is 10.1 Å². The Kier molecular flexibility index (Phi) is 15.9. The van der Waals surface area contributed by atoms with Crippen LogP contribution in [0, 0.1) is 0 Å². The minimum absolute atomic E-state index is 0. The van der Waals surface area contributed by atoms with Crippen LogP contribution < -0.4 is 9.65 Å². The van der Waals surface area contributed by atoms with Crippen molar-refractivity contribution in [3.05, 3.63) is 106 Å². The van der Waals surface area contributed by atoms with Crippen LogP contribution in [0.2, 0.25) is 0 Å². The molecule has 6 rings (SSSR count). The third-order valence-corrected chi connectivity index (χ3v) is 10.1. The molecule has 11 nitrogen and oxygen atoms in total. The number of hydrogen-bond acceptors (Lipinski definition) is 13. The number of carbonyl (C=O) groups is 4. The molecule has 290 valence electrons. The van der Waals surface area contributed by atoms with E-state index in [0.29, 0.717) is 22.2 Å². The molecule has 0 saturated heterocycles. The second kappa shape index (κ2) is 18.9. The van der Waals surface area contributed by atoms with Crippen molar-refractivity contribution in [3.63, 3.8) is 0 Å². The van der Waals surface area contributed by atoms with E-state index in [2.05, 4.69) is 14.2 Å². The molecular formula is C37H36BF3N2O9S3. The first-order chi connectivity index (χ1) is 24.8. The van der Waals surface area contributed by atoms with Crippen molar-refractivity contribution in [1.29, 1.82) is 0 Å². The van der Waals surface area contributed by atoms with E-state index in [0.717, 1.165) is 38.7 Å². The molecule has 0 amide bonds. The summed E-state index contributed by atoms with van der Waals surface area (Å²) in [6, 6.07) is 19.6. The number of ketones is 4. The van der Waals surface area contributed by atoms with Crippen LogP contribution in [0.1, 0.15) is 84.0 Å². The molecule has 0 fully saturated rings. The largest absolute Gasteiger partial charge is 0.534 e. The topological polar surface area (TPSA) is 178 Å². The summed E-state index contributed by atoms with van der Waals surface area (Å²) < 4.78 is 64.0. The van der Waals surface area contributed by atoms with Gasteiger partial charge in [-0.05, 0) is 56.9 Å². The van der Waals surface area contributed by atoms with Gasteiger partial charge in [-0.25, -0.2) is 9.97 Å². The summed E-state index contributed by atoms with van der Waals surface area (Å²) in [7, 11) is -7.24. The van der Waals surface area contributed by atoms with Gasteiger partial charge in [0.05, 0.1) is 25.9 Å². The highest BCUT2D eigenvalue weighted by atomic mass is 32.2.